The lowest BCUT2D eigenvalue weighted by Crippen LogP contribution is -2.39. The molecule has 0 saturated heterocycles. The fourth-order valence-corrected chi connectivity index (χ4v) is 11.9. The molecule has 0 aromatic heterocycles. The standard InChI is InChI=1S/C53H50N2/c1-4-19-39(20-5-1)54(42-32-31-37-17-10-11-18-38(37)35-42)43-33-34-45-44-25-12-14-27-47(44)53(50(45)36-43)48-28-15-13-26-46(48)52-49(53)29-16-30-51(52)55(40-21-6-2-7-22-40)41-23-8-3-9-24-41/h1-2,4-8,10,12-13,15-17,19-21,23-26,28-31,33-36,40,42,44,46-48H,3,9,11,14,18,22,27,32H2. The number of hydrogen-bond donors (Lipinski definition) is 0. The van der Waals surface area contributed by atoms with Gasteiger partial charge in [-0.25, -0.2) is 0 Å². The molecule has 3 aromatic carbocycles. The molecule has 0 N–H and O–H groups in total. The fraction of sp³-hybridized carbons (Fsp3) is 0.283. The van der Waals surface area contributed by atoms with Crippen LogP contribution < -0.4 is 9.80 Å². The third kappa shape index (κ3) is 5.13. The lowest BCUT2D eigenvalue weighted by molar-refractivity contribution is 0.247. The van der Waals surface area contributed by atoms with E-state index in [1.165, 1.54) is 45.9 Å². The second kappa shape index (κ2) is 13.4. The largest absolute Gasteiger partial charge is 0.334 e. The molecule has 11 rings (SSSR count). The summed E-state index contributed by atoms with van der Waals surface area (Å²) in [5.74, 6) is 1.59. The number of hydrogen-bond acceptors (Lipinski definition) is 2. The number of benzene rings is 3. The molecule has 2 nitrogen and oxygen atoms in total. The van der Waals surface area contributed by atoms with Crippen LogP contribution in [-0.4, -0.2) is 12.1 Å². The van der Waals surface area contributed by atoms with Crippen molar-refractivity contribution in [3.8, 4) is 0 Å². The second-order valence-corrected chi connectivity index (χ2v) is 16.7. The van der Waals surface area contributed by atoms with Crippen LogP contribution in [0.5, 0.6) is 0 Å². The third-order valence-electron chi connectivity index (χ3n) is 14.0. The highest BCUT2D eigenvalue weighted by atomic mass is 15.2. The first-order chi connectivity index (χ1) is 27.3. The van der Waals surface area contributed by atoms with Gasteiger partial charge in [0.05, 0.1) is 12.1 Å². The van der Waals surface area contributed by atoms with E-state index in [-0.39, 0.29) is 17.5 Å². The maximum absolute atomic E-state index is 2.69. The second-order valence-electron chi connectivity index (χ2n) is 16.7. The normalized spacial score (nSPS) is 30.2. The van der Waals surface area contributed by atoms with E-state index in [0.29, 0.717) is 23.7 Å². The molecule has 0 fully saturated rings. The van der Waals surface area contributed by atoms with Gasteiger partial charge in [-0.2, -0.15) is 0 Å². The molecule has 2 heteroatoms. The Kier molecular flexibility index (Phi) is 8.08. The van der Waals surface area contributed by atoms with Gasteiger partial charge >= 0.3 is 0 Å². The number of allylic oxidation sites excluding steroid dienone is 15. The Morgan fingerprint density at radius 3 is 2.40 bits per heavy atom. The Bertz CT molecular complexity index is 2340. The molecule has 8 aliphatic rings. The quantitative estimate of drug-likeness (QED) is 0.235. The van der Waals surface area contributed by atoms with E-state index in [2.05, 4.69) is 180 Å². The van der Waals surface area contributed by atoms with Gasteiger partial charge in [0.15, 0.2) is 0 Å². The molecule has 0 heterocycles. The summed E-state index contributed by atoms with van der Waals surface area (Å²) >= 11 is 0. The summed E-state index contributed by atoms with van der Waals surface area (Å²) in [5, 5.41) is 0. The van der Waals surface area contributed by atoms with Crippen LogP contribution in [-0.2, 0) is 5.41 Å². The molecule has 0 amide bonds. The molecule has 272 valence electrons. The molecule has 0 bridgehead atoms. The molecule has 7 atom stereocenters. The zero-order valence-electron chi connectivity index (χ0n) is 31.7. The van der Waals surface area contributed by atoms with Crippen LogP contribution in [0.15, 0.2) is 187 Å². The van der Waals surface area contributed by atoms with Gasteiger partial charge in [-0.3, -0.25) is 0 Å². The monoisotopic (exact) mass is 714 g/mol. The van der Waals surface area contributed by atoms with Gasteiger partial charge in [0.25, 0.3) is 0 Å². The van der Waals surface area contributed by atoms with Crippen molar-refractivity contribution in [3.63, 3.8) is 0 Å². The lowest BCUT2D eigenvalue weighted by Gasteiger charge is -2.42. The van der Waals surface area contributed by atoms with Crippen molar-refractivity contribution in [2.24, 2.45) is 11.8 Å². The molecule has 0 radical (unpaired) electrons. The smallest absolute Gasteiger partial charge is 0.0562 e. The number of rotatable bonds is 6. The number of anilines is 3. The average molecular weight is 715 g/mol. The summed E-state index contributed by atoms with van der Waals surface area (Å²) in [7, 11) is 0. The molecule has 0 saturated carbocycles. The maximum atomic E-state index is 2.69. The molecule has 55 heavy (non-hydrogen) atoms. The van der Waals surface area contributed by atoms with Gasteiger partial charge < -0.3 is 9.80 Å². The molecule has 0 aliphatic heterocycles. The first-order valence-corrected chi connectivity index (χ1v) is 21.0. The fourth-order valence-electron chi connectivity index (χ4n) is 11.9. The number of fused-ring (bicyclic) bond motifs is 11. The predicted octanol–water partition coefficient (Wildman–Crippen LogP) is 12.9. The van der Waals surface area contributed by atoms with E-state index in [1.807, 2.05) is 0 Å². The van der Waals surface area contributed by atoms with Crippen molar-refractivity contribution in [2.75, 3.05) is 9.80 Å². The van der Waals surface area contributed by atoms with Crippen molar-refractivity contribution in [1.29, 1.82) is 0 Å². The van der Waals surface area contributed by atoms with E-state index < -0.39 is 0 Å². The zero-order valence-corrected chi connectivity index (χ0v) is 31.7. The third-order valence-corrected chi connectivity index (χ3v) is 14.0. The number of para-hydroxylation sites is 1. The Labute approximate surface area is 327 Å². The molecule has 8 aliphatic carbocycles. The highest BCUT2D eigenvalue weighted by molar-refractivity contribution is 5.76. The topological polar surface area (TPSA) is 6.48 Å². The Morgan fingerprint density at radius 2 is 1.51 bits per heavy atom. The SMILES string of the molecule is C1=CCC(N(C2=CCCC=C2)c2cccc3c2C2C=CC=CC2C32c3cc(N(c4ccccc4)C4C=C5CCC=CC5=CC4)ccc3C3C=CCCC32)C=C1. The minimum absolute atomic E-state index is 0.128. The van der Waals surface area contributed by atoms with Gasteiger partial charge in [0.1, 0.15) is 0 Å². The molecular formula is C53H50N2. The summed E-state index contributed by atoms with van der Waals surface area (Å²) < 4.78 is 0. The van der Waals surface area contributed by atoms with Crippen LogP contribution in [0.2, 0.25) is 0 Å². The van der Waals surface area contributed by atoms with Gasteiger partial charge in [-0.05, 0) is 127 Å². The maximum Gasteiger partial charge on any atom is 0.0562 e. The summed E-state index contributed by atoms with van der Waals surface area (Å²) in [4.78, 5) is 5.34. The minimum atomic E-state index is -0.128. The van der Waals surface area contributed by atoms with Gasteiger partial charge in [-0.1, -0.05) is 134 Å². The summed E-state index contributed by atoms with van der Waals surface area (Å²) in [5.41, 5.74) is 14.3. The number of nitrogens with zero attached hydrogens (tertiary/aromatic N) is 2. The van der Waals surface area contributed by atoms with Crippen molar-refractivity contribution >= 4 is 17.1 Å². The average Bonchev–Trinajstić information content (AvgIpc) is 3.73. The van der Waals surface area contributed by atoms with Crippen molar-refractivity contribution in [1.82, 2.24) is 0 Å². The van der Waals surface area contributed by atoms with E-state index in [4.69, 9.17) is 0 Å². The van der Waals surface area contributed by atoms with Gasteiger partial charge in [0, 0.05) is 45.9 Å². The van der Waals surface area contributed by atoms with Gasteiger partial charge in [-0.15, -0.1) is 0 Å². The first-order valence-electron chi connectivity index (χ1n) is 21.0. The molecule has 3 aromatic rings. The summed E-state index contributed by atoms with van der Waals surface area (Å²) in [6.07, 6.45) is 49.9. The van der Waals surface area contributed by atoms with Gasteiger partial charge in [0.2, 0.25) is 0 Å². The van der Waals surface area contributed by atoms with Crippen molar-refractivity contribution in [2.45, 2.75) is 80.7 Å². The predicted molar refractivity (Wildman–Crippen MR) is 230 cm³/mol. The van der Waals surface area contributed by atoms with E-state index in [0.717, 1.165) is 44.9 Å². The van der Waals surface area contributed by atoms with Crippen LogP contribution in [0.4, 0.5) is 17.1 Å². The van der Waals surface area contributed by atoms with E-state index >= 15 is 0 Å². The Morgan fingerprint density at radius 1 is 0.600 bits per heavy atom. The van der Waals surface area contributed by atoms with Crippen molar-refractivity contribution in [3.05, 3.63) is 209 Å². The minimum Gasteiger partial charge on any atom is -0.334 e. The van der Waals surface area contributed by atoms with E-state index in [9.17, 15) is 0 Å². The van der Waals surface area contributed by atoms with E-state index in [1.54, 1.807) is 16.7 Å². The zero-order chi connectivity index (χ0) is 36.3. The Hall–Kier alpha value is -5.34. The van der Waals surface area contributed by atoms with Crippen LogP contribution in [0, 0.1) is 11.8 Å². The highest BCUT2D eigenvalue weighted by Gasteiger charge is 2.62. The molecule has 1 spiro atoms. The lowest BCUT2D eigenvalue weighted by atomic mass is 9.60. The first kappa shape index (κ1) is 33.0. The van der Waals surface area contributed by atoms with Crippen LogP contribution in [0.25, 0.3) is 0 Å². The van der Waals surface area contributed by atoms with Crippen LogP contribution >= 0.6 is 0 Å². The van der Waals surface area contributed by atoms with Crippen LogP contribution in [0.1, 0.15) is 85.5 Å². The molecule has 7 unspecified atom stereocenters. The summed E-state index contributed by atoms with van der Waals surface area (Å²) in [6, 6.07) is 26.8. The molecular weight excluding hydrogens is 665 g/mol. The summed E-state index contributed by atoms with van der Waals surface area (Å²) in [6.45, 7) is 0. The Balaban J connectivity index is 1.12. The van der Waals surface area contributed by atoms with Crippen LogP contribution in [0.3, 0.4) is 0 Å². The van der Waals surface area contributed by atoms with Crippen molar-refractivity contribution < 1.29 is 0 Å². The highest BCUT2D eigenvalue weighted by Crippen LogP contribution is 2.69.